The highest BCUT2D eigenvalue weighted by Gasteiger charge is 2.22. The van der Waals surface area contributed by atoms with Crippen molar-refractivity contribution in [2.75, 3.05) is 19.1 Å². The second-order valence-corrected chi connectivity index (χ2v) is 5.83. The predicted molar refractivity (Wildman–Crippen MR) is 66.0 cm³/mol. The zero-order valence-electron chi connectivity index (χ0n) is 10.2. The van der Waals surface area contributed by atoms with Crippen molar-refractivity contribution in [2.45, 2.75) is 4.90 Å². The number of hydrogen-bond acceptors (Lipinski definition) is 6. The van der Waals surface area contributed by atoms with Gasteiger partial charge in [0.15, 0.2) is 21.4 Å². The number of methoxy groups -OCH3 is 1. The Bertz CT molecular complexity index is 724. The van der Waals surface area contributed by atoms with E-state index in [1.54, 1.807) is 0 Å². The van der Waals surface area contributed by atoms with Crippen LogP contribution in [0.2, 0.25) is 0 Å². The summed E-state index contributed by atoms with van der Waals surface area (Å²) in [7, 11) is -2.45. The summed E-state index contributed by atoms with van der Waals surface area (Å²) in [6.07, 6.45) is 0.915. The highest BCUT2D eigenvalue weighted by molar-refractivity contribution is 7.90. The quantitative estimate of drug-likeness (QED) is 0.918. The molecule has 8 heteroatoms. The maximum absolute atomic E-state index is 14.1. The van der Waals surface area contributed by atoms with E-state index in [2.05, 4.69) is 9.68 Å². The van der Waals surface area contributed by atoms with E-state index in [9.17, 15) is 12.8 Å². The summed E-state index contributed by atoms with van der Waals surface area (Å²) in [5.74, 6) is -1.13. The molecule has 0 aliphatic heterocycles. The predicted octanol–water partition coefficient (Wildman–Crippen LogP) is 1.48. The molecule has 0 amide bonds. The van der Waals surface area contributed by atoms with E-state index in [4.69, 9.17) is 10.5 Å². The Labute approximate surface area is 108 Å². The number of halogens is 1. The summed E-state index contributed by atoms with van der Waals surface area (Å²) in [5, 5.41) is 3.63. The van der Waals surface area contributed by atoms with Crippen LogP contribution in [0.3, 0.4) is 0 Å². The zero-order chi connectivity index (χ0) is 14.2. The number of nitrogens with two attached hydrogens (primary N) is 1. The summed E-state index contributed by atoms with van der Waals surface area (Å²) in [4.78, 5) is -0.440. The molecule has 1 aromatic heterocycles. The van der Waals surface area contributed by atoms with Crippen LogP contribution in [0.25, 0.3) is 11.3 Å². The lowest BCUT2D eigenvalue weighted by Gasteiger charge is -2.09. The molecule has 2 aromatic rings. The third kappa shape index (κ3) is 2.39. The van der Waals surface area contributed by atoms with Crippen LogP contribution >= 0.6 is 0 Å². The Morgan fingerprint density at radius 2 is 2.11 bits per heavy atom. The average Bonchev–Trinajstić information content (AvgIpc) is 2.73. The van der Waals surface area contributed by atoms with Gasteiger partial charge in [-0.2, -0.15) is 0 Å². The molecule has 0 radical (unpaired) electrons. The van der Waals surface area contributed by atoms with Crippen LogP contribution in [0.4, 0.5) is 10.3 Å². The Balaban J connectivity index is 2.69. The van der Waals surface area contributed by atoms with Crippen LogP contribution in [0, 0.1) is 5.82 Å². The van der Waals surface area contributed by atoms with Crippen molar-refractivity contribution in [1.82, 2.24) is 5.16 Å². The molecule has 0 spiro atoms. The van der Waals surface area contributed by atoms with Gasteiger partial charge in [0.25, 0.3) is 0 Å². The van der Waals surface area contributed by atoms with E-state index >= 15 is 0 Å². The number of sulfone groups is 1. The lowest BCUT2D eigenvalue weighted by atomic mass is 10.1. The molecular formula is C11H11FN2O4S. The second kappa shape index (κ2) is 4.54. The molecule has 0 aliphatic rings. The van der Waals surface area contributed by atoms with E-state index < -0.39 is 20.5 Å². The van der Waals surface area contributed by atoms with Gasteiger partial charge in [-0.3, -0.25) is 0 Å². The normalized spacial score (nSPS) is 11.5. The fourth-order valence-electron chi connectivity index (χ4n) is 1.64. The van der Waals surface area contributed by atoms with Gasteiger partial charge < -0.3 is 15.0 Å². The highest BCUT2D eigenvalue weighted by Crippen LogP contribution is 2.35. The standard InChI is InChI=1S/C11H11FN2O4S/c1-17-11-6(7-5-9(13)18-14-7)3-4-8(10(11)12)19(2,15)16/h3-5H,13H2,1-2H3. The van der Waals surface area contributed by atoms with Gasteiger partial charge in [-0.1, -0.05) is 5.16 Å². The lowest BCUT2D eigenvalue weighted by Crippen LogP contribution is -2.03. The zero-order valence-corrected chi connectivity index (χ0v) is 11.0. The Morgan fingerprint density at radius 1 is 1.42 bits per heavy atom. The molecule has 1 heterocycles. The van der Waals surface area contributed by atoms with Crippen LogP contribution in [0.15, 0.2) is 27.6 Å². The highest BCUT2D eigenvalue weighted by atomic mass is 32.2. The van der Waals surface area contributed by atoms with Crippen molar-refractivity contribution < 1.29 is 22.1 Å². The first kappa shape index (κ1) is 13.3. The number of benzene rings is 1. The maximum Gasteiger partial charge on any atom is 0.222 e. The van der Waals surface area contributed by atoms with Gasteiger partial charge in [0.05, 0.1) is 7.11 Å². The topological polar surface area (TPSA) is 95.4 Å². The largest absolute Gasteiger partial charge is 0.493 e. The van der Waals surface area contributed by atoms with E-state index in [0.717, 1.165) is 12.3 Å². The Hall–Kier alpha value is -2.09. The van der Waals surface area contributed by atoms with Gasteiger partial charge in [0.1, 0.15) is 10.6 Å². The van der Waals surface area contributed by atoms with Gasteiger partial charge in [0.2, 0.25) is 5.88 Å². The van der Waals surface area contributed by atoms with E-state index in [-0.39, 0.29) is 22.9 Å². The summed E-state index contributed by atoms with van der Waals surface area (Å²) in [6.45, 7) is 0. The minimum Gasteiger partial charge on any atom is -0.493 e. The third-order valence-corrected chi connectivity index (χ3v) is 3.58. The summed E-state index contributed by atoms with van der Waals surface area (Å²) < 4.78 is 46.6. The van der Waals surface area contributed by atoms with Crippen molar-refractivity contribution >= 4 is 15.7 Å². The van der Waals surface area contributed by atoms with Crippen LogP contribution in [-0.4, -0.2) is 26.9 Å². The van der Waals surface area contributed by atoms with Gasteiger partial charge >= 0.3 is 0 Å². The van der Waals surface area contributed by atoms with Crippen LogP contribution in [0.1, 0.15) is 0 Å². The smallest absolute Gasteiger partial charge is 0.222 e. The number of nitrogens with zero attached hydrogens (tertiary/aromatic N) is 1. The first-order chi connectivity index (χ1) is 8.84. The molecule has 0 saturated carbocycles. The van der Waals surface area contributed by atoms with Crippen molar-refractivity contribution in [3.05, 3.63) is 24.0 Å². The molecule has 0 aliphatic carbocycles. The first-order valence-electron chi connectivity index (χ1n) is 5.13. The summed E-state index contributed by atoms with van der Waals surface area (Å²) in [6, 6.07) is 3.92. The summed E-state index contributed by atoms with van der Waals surface area (Å²) >= 11 is 0. The molecule has 1 aromatic carbocycles. The van der Waals surface area contributed by atoms with Gasteiger partial charge in [-0.15, -0.1) is 0 Å². The van der Waals surface area contributed by atoms with E-state index in [1.165, 1.54) is 19.2 Å². The molecule has 102 valence electrons. The fraction of sp³-hybridized carbons (Fsp3) is 0.182. The molecule has 6 nitrogen and oxygen atoms in total. The number of anilines is 1. The number of aromatic nitrogens is 1. The Morgan fingerprint density at radius 3 is 2.58 bits per heavy atom. The molecule has 0 bridgehead atoms. The second-order valence-electron chi connectivity index (χ2n) is 3.85. The molecule has 2 N–H and O–H groups in total. The molecule has 0 saturated heterocycles. The molecular weight excluding hydrogens is 275 g/mol. The molecule has 0 fully saturated rings. The molecule has 19 heavy (non-hydrogen) atoms. The van der Waals surface area contributed by atoms with Gasteiger partial charge in [0, 0.05) is 17.9 Å². The van der Waals surface area contributed by atoms with Crippen LogP contribution in [-0.2, 0) is 9.84 Å². The third-order valence-electron chi connectivity index (χ3n) is 2.47. The Kier molecular flexibility index (Phi) is 3.19. The molecule has 2 rings (SSSR count). The van der Waals surface area contributed by atoms with Gasteiger partial charge in [-0.25, -0.2) is 12.8 Å². The van der Waals surface area contributed by atoms with Crippen LogP contribution in [0.5, 0.6) is 5.75 Å². The van der Waals surface area contributed by atoms with Crippen molar-refractivity contribution in [2.24, 2.45) is 0 Å². The minimum absolute atomic E-state index is 0.0599. The fourth-order valence-corrected chi connectivity index (χ4v) is 2.38. The van der Waals surface area contributed by atoms with Crippen molar-refractivity contribution in [3.8, 4) is 17.0 Å². The van der Waals surface area contributed by atoms with Crippen molar-refractivity contribution in [3.63, 3.8) is 0 Å². The lowest BCUT2D eigenvalue weighted by molar-refractivity contribution is 0.381. The minimum atomic E-state index is -3.68. The SMILES string of the molecule is COc1c(-c2cc(N)on2)ccc(S(C)(=O)=O)c1F. The summed E-state index contributed by atoms with van der Waals surface area (Å²) in [5.41, 5.74) is 5.90. The number of rotatable bonds is 3. The van der Waals surface area contributed by atoms with Crippen LogP contribution < -0.4 is 10.5 Å². The van der Waals surface area contributed by atoms with E-state index in [0.29, 0.717) is 0 Å². The van der Waals surface area contributed by atoms with Gasteiger partial charge in [-0.05, 0) is 12.1 Å². The first-order valence-corrected chi connectivity index (χ1v) is 7.03. The molecule has 0 atom stereocenters. The number of nitrogen functional groups attached to an aromatic ring is 1. The number of hydrogen-bond donors (Lipinski definition) is 1. The van der Waals surface area contributed by atoms with E-state index in [1.807, 2.05) is 0 Å². The monoisotopic (exact) mass is 286 g/mol. The van der Waals surface area contributed by atoms with Crippen molar-refractivity contribution in [1.29, 1.82) is 0 Å². The average molecular weight is 286 g/mol. The maximum atomic E-state index is 14.1. The number of ether oxygens (including phenoxy) is 1. The molecule has 0 unspecified atom stereocenters.